The molecule has 4 aromatic rings. The van der Waals surface area contributed by atoms with Gasteiger partial charge in [-0.15, -0.1) is 11.3 Å². The van der Waals surface area contributed by atoms with Crippen molar-refractivity contribution in [3.63, 3.8) is 0 Å². The van der Waals surface area contributed by atoms with Crippen molar-refractivity contribution in [3.8, 4) is 10.4 Å². The maximum Gasteiger partial charge on any atom is 0.0468 e. The molecule has 0 saturated heterocycles. The molecule has 3 aromatic carbocycles. The molecule has 0 N–H and O–H groups in total. The van der Waals surface area contributed by atoms with Crippen molar-refractivity contribution in [3.05, 3.63) is 101 Å². The summed E-state index contributed by atoms with van der Waals surface area (Å²) in [6.07, 6.45) is 0. The van der Waals surface area contributed by atoms with Crippen LogP contribution in [0.3, 0.4) is 0 Å². The Kier molecular flexibility index (Phi) is 6.01. The third-order valence-corrected chi connectivity index (χ3v) is 6.81. The SMILES string of the molecule is CC(C)(C)c1ccc(N(c2ccc(C(C)(C)C)cc2)c2cccc(-c3cccs3)c2)cc1. The molecule has 2 heteroatoms. The Bertz CT molecular complexity index is 1100. The van der Waals surface area contributed by atoms with Gasteiger partial charge in [0.1, 0.15) is 0 Å². The minimum absolute atomic E-state index is 0.136. The predicted octanol–water partition coefficient (Wildman–Crippen LogP) is 9.48. The molecule has 4 rings (SSSR count). The second-order valence-corrected chi connectivity index (χ2v) is 11.4. The fraction of sp³-hybridized carbons (Fsp3) is 0.267. The molecule has 0 aliphatic rings. The summed E-state index contributed by atoms with van der Waals surface area (Å²) in [7, 11) is 0. The van der Waals surface area contributed by atoms with Crippen LogP contribution in [0.15, 0.2) is 90.3 Å². The van der Waals surface area contributed by atoms with Crippen molar-refractivity contribution in [1.29, 1.82) is 0 Å². The van der Waals surface area contributed by atoms with Gasteiger partial charge in [0.15, 0.2) is 0 Å². The van der Waals surface area contributed by atoms with E-state index in [1.807, 2.05) is 0 Å². The first-order chi connectivity index (χ1) is 15.1. The lowest BCUT2D eigenvalue weighted by Gasteiger charge is -2.28. The average molecular weight is 440 g/mol. The molecule has 0 saturated carbocycles. The monoisotopic (exact) mass is 439 g/mol. The average Bonchev–Trinajstić information content (AvgIpc) is 3.29. The van der Waals surface area contributed by atoms with Crippen molar-refractivity contribution in [1.82, 2.24) is 0 Å². The van der Waals surface area contributed by atoms with Gasteiger partial charge in [-0.25, -0.2) is 0 Å². The van der Waals surface area contributed by atoms with Gasteiger partial charge in [0.25, 0.3) is 0 Å². The first-order valence-electron chi connectivity index (χ1n) is 11.3. The van der Waals surface area contributed by atoms with Gasteiger partial charge in [0.2, 0.25) is 0 Å². The molecule has 1 nitrogen and oxygen atoms in total. The van der Waals surface area contributed by atoms with Gasteiger partial charge in [-0.2, -0.15) is 0 Å². The maximum atomic E-state index is 2.36. The summed E-state index contributed by atoms with van der Waals surface area (Å²) in [6, 6.07) is 31.2. The summed E-state index contributed by atoms with van der Waals surface area (Å²) in [4.78, 5) is 3.65. The van der Waals surface area contributed by atoms with Crippen LogP contribution >= 0.6 is 11.3 Å². The Morgan fingerprint density at radius 2 is 1.09 bits per heavy atom. The number of hydrogen-bond acceptors (Lipinski definition) is 2. The highest BCUT2D eigenvalue weighted by Crippen LogP contribution is 2.38. The van der Waals surface area contributed by atoms with Crippen molar-refractivity contribution >= 4 is 28.4 Å². The standard InChI is InChI=1S/C30H33NS/c1-29(2,3)23-12-16-25(17-13-23)31(26-18-14-24(15-19-26)30(4,5)6)27-10-7-9-22(21-27)28-11-8-20-32-28/h7-21H,1-6H3. The molecular formula is C30H33NS. The van der Waals surface area contributed by atoms with E-state index in [1.54, 1.807) is 11.3 Å². The molecule has 1 aromatic heterocycles. The Hall–Kier alpha value is -2.84. The Balaban J connectivity index is 1.81. The molecule has 0 fully saturated rings. The zero-order valence-electron chi connectivity index (χ0n) is 20.0. The molecule has 0 amide bonds. The summed E-state index contributed by atoms with van der Waals surface area (Å²) in [5, 5.41) is 2.14. The summed E-state index contributed by atoms with van der Waals surface area (Å²) in [5.74, 6) is 0. The first-order valence-corrected chi connectivity index (χ1v) is 12.2. The van der Waals surface area contributed by atoms with Gasteiger partial charge in [0.05, 0.1) is 0 Å². The van der Waals surface area contributed by atoms with E-state index in [0.717, 1.165) is 0 Å². The van der Waals surface area contributed by atoms with Crippen molar-refractivity contribution in [2.24, 2.45) is 0 Å². The quantitative estimate of drug-likeness (QED) is 0.306. The molecule has 0 aliphatic carbocycles. The van der Waals surface area contributed by atoms with Gasteiger partial charge in [0, 0.05) is 21.9 Å². The molecule has 0 atom stereocenters. The number of thiophene rings is 1. The molecule has 0 unspecified atom stereocenters. The normalized spacial score (nSPS) is 12.1. The lowest BCUT2D eigenvalue weighted by atomic mass is 9.86. The van der Waals surface area contributed by atoms with Crippen LogP contribution in [0.2, 0.25) is 0 Å². The third kappa shape index (κ3) is 4.81. The molecule has 32 heavy (non-hydrogen) atoms. The van der Waals surface area contributed by atoms with Crippen LogP contribution in [0.1, 0.15) is 52.7 Å². The second-order valence-electron chi connectivity index (χ2n) is 10.5. The first kappa shape index (κ1) is 22.4. The highest BCUT2D eigenvalue weighted by molar-refractivity contribution is 7.13. The van der Waals surface area contributed by atoms with E-state index in [4.69, 9.17) is 0 Å². The van der Waals surface area contributed by atoms with E-state index in [2.05, 4.69) is 137 Å². The molecule has 0 spiro atoms. The van der Waals surface area contributed by atoms with Gasteiger partial charge >= 0.3 is 0 Å². The minimum atomic E-state index is 0.136. The summed E-state index contributed by atoms with van der Waals surface area (Å²) in [5.41, 5.74) is 7.72. The highest BCUT2D eigenvalue weighted by Gasteiger charge is 2.18. The van der Waals surface area contributed by atoms with Crippen molar-refractivity contribution < 1.29 is 0 Å². The van der Waals surface area contributed by atoms with Crippen LogP contribution in [-0.4, -0.2) is 0 Å². The van der Waals surface area contributed by atoms with Crippen LogP contribution in [-0.2, 0) is 10.8 Å². The largest absolute Gasteiger partial charge is 0.310 e. The lowest BCUT2D eigenvalue weighted by molar-refractivity contribution is 0.590. The number of rotatable bonds is 4. The van der Waals surface area contributed by atoms with E-state index in [0.29, 0.717) is 0 Å². The van der Waals surface area contributed by atoms with E-state index in [-0.39, 0.29) is 10.8 Å². The second kappa shape index (κ2) is 8.60. The third-order valence-electron chi connectivity index (χ3n) is 5.89. The minimum Gasteiger partial charge on any atom is -0.310 e. The topological polar surface area (TPSA) is 3.24 Å². The van der Waals surface area contributed by atoms with Crippen LogP contribution in [0.4, 0.5) is 17.1 Å². The van der Waals surface area contributed by atoms with Gasteiger partial charge in [-0.3, -0.25) is 0 Å². The van der Waals surface area contributed by atoms with E-state index >= 15 is 0 Å². The fourth-order valence-corrected chi connectivity index (χ4v) is 4.63. The zero-order chi connectivity index (χ0) is 22.9. The summed E-state index contributed by atoms with van der Waals surface area (Å²) in [6.45, 7) is 13.6. The van der Waals surface area contributed by atoms with Gasteiger partial charge in [-0.05, 0) is 75.4 Å². The Morgan fingerprint density at radius 1 is 0.562 bits per heavy atom. The van der Waals surface area contributed by atoms with Gasteiger partial charge in [-0.1, -0.05) is 84.0 Å². The van der Waals surface area contributed by atoms with Gasteiger partial charge < -0.3 is 4.90 Å². The van der Waals surface area contributed by atoms with Crippen molar-refractivity contribution in [2.75, 3.05) is 4.90 Å². The van der Waals surface area contributed by atoms with Crippen LogP contribution in [0.25, 0.3) is 10.4 Å². The Labute approximate surface area is 197 Å². The predicted molar refractivity (Wildman–Crippen MR) is 142 cm³/mol. The van der Waals surface area contributed by atoms with E-state index in [9.17, 15) is 0 Å². The summed E-state index contributed by atoms with van der Waals surface area (Å²) < 4.78 is 0. The number of hydrogen-bond donors (Lipinski definition) is 0. The number of benzene rings is 3. The zero-order valence-corrected chi connectivity index (χ0v) is 20.8. The number of anilines is 3. The lowest BCUT2D eigenvalue weighted by Crippen LogP contribution is -2.14. The van der Waals surface area contributed by atoms with Crippen LogP contribution < -0.4 is 4.90 Å². The number of nitrogens with zero attached hydrogens (tertiary/aromatic N) is 1. The van der Waals surface area contributed by atoms with Crippen LogP contribution in [0.5, 0.6) is 0 Å². The van der Waals surface area contributed by atoms with Crippen molar-refractivity contribution in [2.45, 2.75) is 52.4 Å². The van der Waals surface area contributed by atoms with E-state index in [1.165, 1.54) is 38.6 Å². The van der Waals surface area contributed by atoms with Crippen LogP contribution in [0, 0.1) is 0 Å². The molecule has 164 valence electrons. The fourth-order valence-electron chi connectivity index (χ4n) is 3.91. The smallest absolute Gasteiger partial charge is 0.0468 e. The molecule has 0 aliphatic heterocycles. The maximum absolute atomic E-state index is 2.36. The molecule has 0 bridgehead atoms. The van der Waals surface area contributed by atoms with E-state index < -0.39 is 0 Å². The summed E-state index contributed by atoms with van der Waals surface area (Å²) >= 11 is 1.78. The molecule has 0 radical (unpaired) electrons. The Morgan fingerprint density at radius 3 is 1.53 bits per heavy atom. The molecule has 1 heterocycles. The molecular weight excluding hydrogens is 406 g/mol. The highest BCUT2D eigenvalue weighted by atomic mass is 32.1.